The molecule has 1 saturated heterocycles. The first-order valence-corrected chi connectivity index (χ1v) is 9.67. The van der Waals surface area contributed by atoms with Crippen molar-refractivity contribution < 1.29 is 23.8 Å². The molecule has 8 nitrogen and oxygen atoms in total. The Bertz CT molecular complexity index is 1020. The minimum Gasteiger partial charge on any atom is -0.492 e. The topological polar surface area (TPSA) is 93.0 Å². The van der Waals surface area contributed by atoms with Gasteiger partial charge in [-0.15, -0.1) is 0 Å². The number of nitrogens with zero attached hydrogens (tertiary/aromatic N) is 2. The smallest absolute Gasteiger partial charge is 0.492 e. The van der Waals surface area contributed by atoms with Crippen LogP contribution in [0.15, 0.2) is 17.1 Å². The molecule has 2 fully saturated rings. The number of fused-ring (bicyclic) bond motifs is 1. The number of anilines is 1. The predicted octanol–water partition coefficient (Wildman–Crippen LogP) is 2.73. The van der Waals surface area contributed by atoms with E-state index in [9.17, 15) is 9.59 Å². The van der Waals surface area contributed by atoms with Crippen LogP contribution >= 0.6 is 0 Å². The number of benzene rings is 1. The zero-order valence-electron chi connectivity index (χ0n) is 16.6. The molecular formula is C20H24FN3O5. The second-order valence-electron chi connectivity index (χ2n) is 7.84. The number of carboxylic acid groups (broad SMARTS) is 1. The van der Waals surface area contributed by atoms with Crippen molar-refractivity contribution >= 4 is 22.7 Å². The zero-order valence-corrected chi connectivity index (χ0v) is 16.6. The van der Waals surface area contributed by atoms with E-state index in [2.05, 4.69) is 10.1 Å². The van der Waals surface area contributed by atoms with Crippen molar-refractivity contribution in [2.45, 2.75) is 44.8 Å². The van der Waals surface area contributed by atoms with E-state index in [1.54, 1.807) is 4.57 Å². The average Bonchev–Trinajstić information content (AvgIpc) is 3.47. The Morgan fingerprint density at radius 1 is 1.28 bits per heavy atom. The highest BCUT2D eigenvalue weighted by molar-refractivity contribution is 5.92. The highest BCUT2D eigenvalue weighted by Crippen LogP contribution is 2.44. The largest absolute Gasteiger partial charge is 0.511 e. The minimum absolute atomic E-state index is 0.0463. The third-order valence-corrected chi connectivity index (χ3v) is 5.38. The summed E-state index contributed by atoms with van der Waals surface area (Å²) in [7, 11) is 1.45. The predicted molar refractivity (Wildman–Crippen MR) is 106 cm³/mol. The number of carbonyl (C=O) groups is 1. The number of pyridine rings is 1. The molecule has 2 aliphatic rings. The van der Waals surface area contributed by atoms with Crippen LogP contribution < -0.4 is 25.1 Å². The Hall–Kier alpha value is -2.81. The third-order valence-electron chi connectivity index (χ3n) is 5.38. The molecule has 0 amide bonds. The molecule has 1 aromatic heterocycles. The van der Waals surface area contributed by atoms with E-state index in [0.29, 0.717) is 24.3 Å². The standard InChI is InChI=1S/C20H24FN3O5/c1-10-7-23(8-11(2)22-10)17-14(21)6-13-16(19(17)28-3)24(12-4-5-12)9-15(18(13)25)29-20(26)27/h6,9-12,22H,4-5,7-8H2,1-3H3,(H,26,27)/t10-,11+. The van der Waals surface area contributed by atoms with Gasteiger partial charge in [-0.25, -0.2) is 9.18 Å². The van der Waals surface area contributed by atoms with Crippen molar-refractivity contribution in [1.82, 2.24) is 9.88 Å². The fraction of sp³-hybridized carbons (Fsp3) is 0.500. The van der Waals surface area contributed by atoms with Gasteiger partial charge in [-0.2, -0.15) is 0 Å². The third kappa shape index (κ3) is 3.50. The van der Waals surface area contributed by atoms with Gasteiger partial charge in [0.1, 0.15) is 5.69 Å². The number of hydrogen-bond acceptors (Lipinski definition) is 6. The van der Waals surface area contributed by atoms with E-state index in [0.717, 1.165) is 12.8 Å². The lowest BCUT2D eigenvalue weighted by molar-refractivity contribution is 0.143. The maximum atomic E-state index is 15.3. The molecule has 0 radical (unpaired) electrons. The molecule has 2 aromatic rings. The van der Waals surface area contributed by atoms with Gasteiger partial charge < -0.3 is 29.4 Å². The Kier molecular flexibility index (Phi) is 4.85. The van der Waals surface area contributed by atoms with Crippen LogP contribution in [0.4, 0.5) is 14.9 Å². The zero-order chi connectivity index (χ0) is 20.9. The minimum atomic E-state index is -1.59. The molecule has 1 saturated carbocycles. The Morgan fingerprint density at radius 2 is 1.93 bits per heavy atom. The van der Waals surface area contributed by atoms with Crippen molar-refractivity contribution in [3.63, 3.8) is 0 Å². The highest BCUT2D eigenvalue weighted by Gasteiger charge is 2.32. The fourth-order valence-corrected chi connectivity index (χ4v) is 4.22. The van der Waals surface area contributed by atoms with Crippen LogP contribution in [0.1, 0.15) is 32.7 Å². The van der Waals surface area contributed by atoms with E-state index in [-0.39, 0.29) is 35.0 Å². The summed E-state index contributed by atoms with van der Waals surface area (Å²) in [6.45, 7) is 5.25. The van der Waals surface area contributed by atoms with Gasteiger partial charge in [0.2, 0.25) is 5.43 Å². The monoisotopic (exact) mass is 405 g/mol. The molecule has 29 heavy (non-hydrogen) atoms. The SMILES string of the molecule is COc1c(N2C[C@@H](C)N[C@@H](C)C2)c(F)cc2c(=O)c(OC(=O)O)cn(C3CC3)c12. The molecule has 2 N–H and O–H groups in total. The molecule has 1 aromatic carbocycles. The second-order valence-corrected chi connectivity index (χ2v) is 7.84. The van der Waals surface area contributed by atoms with Crippen molar-refractivity contribution in [3.8, 4) is 11.5 Å². The molecule has 4 rings (SSSR count). The van der Waals surface area contributed by atoms with E-state index in [1.807, 2.05) is 18.7 Å². The van der Waals surface area contributed by atoms with Gasteiger partial charge in [0.05, 0.1) is 24.2 Å². The van der Waals surface area contributed by atoms with Gasteiger partial charge in [-0.1, -0.05) is 0 Å². The lowest BCUT2D eigenvalue weighted by atomic mass is 10.1. The van der Waals surface area contributed by atoms with Gasteiger partial charge in [0.25, 0.3) is 0 Å². The number of hydrogen-bond donors (Lipinski definition) is 2. The molecule has 2 heterocycles. The number of ether oxygens (including phenoxy) is 2. The van der Waals surface area contributed by atoms with Crippen molar-refractivity contribution in [3.05, 3.63) is 28.3 Å². The second kappa shape index (κ2) is 7.22. The summed E-state index contributed by atoms with van der Waals surface area (Å²) in [5.74, 6) is -0.634. The normalized spacial score (nSPS) is 22.0. The van der Waals surface area contributed by atoms with Crippen LogP contribution in [0.25, 0.3) is 10.9 Å². The van der Waals surface area contributed by atoms with Gasteiger partial charge in [-0.3, -0.25) is 4.79 Å². The number of halogens is 1. The maximum absolute atomic E-state index is 15.3. The van der Waals surface area contributed by atoms with Crippen LogP contribution in [-0.4, -0.2) is 48.1 Å². The first kappa shape index (κ1) is 19.5. The van der Waals surface area contributed by atoms with Crippen LogP contribution in [-0.2, 0) is 0 Å². The molecule has 0 unspecified atom stereocenters. The summed E-state index contributed by atoms with van der Waals surface area (Å²) in [4.78, 5) is 25.7. The highest BCUT2D eigenvalue weighted by atomic mass is 19.1. The number of aromatic nitrogens is 1. The van der Waals surface area contributed by atoms with Gasteiger partial charge in [-0.05, 0) is 32.8 Å². The summed E-state index contributed by atoms with van der Waals surface area (Å²) in [6, 6.07) is 1.58. The number of nitrogens with one attached hydrogen (secondary N) is 1. The molecule has 1 aliphatic carbocycles. The number of piperazine rings is 1. The van der Waals surface area contributed by atoms with Crippen molar-refractivity contribution in [2.75, 3.05) is 25.1 Å². The van der Waals surface area contributed by atoms with E-state index >= 15 is 4.39 Å². The van der Waals surface area contributed by atoms with Crippen molar-refractivity contribution in [1.29, 1.82) is 0 Å². The van der Waals surface area contributed by atoms with Crippen LogP contribution in [0.2, 0.25) is 0 Å². The first-order chi connectivity index (χ1) is 13.8. The Labute approximate surface area is 166 Å². The molecule has 2 atom stereocenters. The molecular weight excluding hydrogens is 381 g/mol. The fourth-order valence-electron chi connectivity index (χ4n) is 4.22. The van der Waals surface area contributed by atoms with E-state index in [1.165, 1.54) is 19.4 Å². The summed E-state index contributed by atoms with van der Waals surface area (Å²) in [5.41, 5.74) is 0.110. The quantitative estimate of drug-likeness (QED) is 0.756. The molecule has 1 aliphatic heterocycles. The summed E-state index contributed by atoms with van der Waals surface area (Å²) in [6.07, 6.45) is 1.56. The van der Waals surface area contributed by atoms with Crippen molar-refractivity contribution in [2.24, 2.45) is 0 Å². The molecule has 156 valence electrons. The molecule has 0 spiro atoms. The van der Waals surface area contributed by atoms with Crippen LogP contribution in [0.3, 0.4) is 0 Å². The van der Waals surface area contributed by atoms with Gasteiger partial charge in [0, 0.05) is 31.2 Å². The lowest BCUT2D eigenvalue weighted by Gasteiger charge is -2.38. The average molecular weight is 405 g/mol. The maximum Gasteiger partial charge on any atom is 0.511 e. The number of rotatable bonds is 4. The number of methoxy groups -OCH3 is 1. The lowest BCUT2D eigenvalue weighted by Crippen LogP contribution is -2.54. The summed E-state index contributed by atoms with van der Waals surface area (Å²) in [5, 5.41) is 12.4. The molecule has 9 heteroatoms. The Morgan fingerprint density at radius 3 is 2.48 bits per heavy atom. The van der Waals surface area contributed by atoms with Crippen LogP contribution in [0.5, 0.6) is 11.5 Å². The summed E-state index contributed by atoms with van der Waals surface area (Å²) >= 11 is 0. The van der Waals surface area contributed by atoms with Gasteiger partial charge in [0.15, 0.2) is 17.3 Å². The van der Waals surface area contributed by atoms with Gasteiger partial charge >= 0.3 is 6.16 Å². The molecule has 0 bridgehead atoms. The van der Waals surface area contributed by atoms with Crippen LogP contribution in [0, 0.1) is 5.82 Å². The first-order valence-electron chi connectivity index (χ1n) is 9.67. The Balaban J connectivity index is 1.98. The van der Waals surface area contributed by atoms with E-state index in [4.69, 9.17) is 9.84 Å². The summed E-state index contributed by atoms with van der Waals surface area (Å²) < 4.78 is 27.4. The van der Waals surface area contributed by atoms with E-state index < -0.39 is 17.4 Å².